The number of hydrogen-bond acceptors (Lipinski definition) is 6. The number of rotatable bonds is 5. The van der Waals surface area contributed by atoms with Crippen LogP contribution in [0.1, 0.15) is 17.7 Å². The third-order valence-electron chi connectivity index (χ3n) is 2.26. The number of pyridine rings is 1. The quantitative estimate of drug-likeness (QED) is 0.357. The highest BCUT2D eigenvalue weighted by molar-refractivity contribution is 5.75. The van der Waals surface area contributed by atoms with Crippen LogP contribution >= 0.6 is 0 Å². The maximum Gasteiger partial charge on any atom is 0.574 e. The maximum absolute atomic E-state index is 12.6. The molecule has 1 aromatic rings. The van der Waals surface area contributed by atoms with Crippen LogP contribution in [0.25, 0.3) is 0 Å². The topological polar surface area (TPSA) is 91.6 Å². The first kappa shape index (κ1) is 17.5. The number of aromatic nitrogens is 1. The molecule has 0 aliphatic carbocycles. The molecule has 0 atom stereocenters. The first-order chi connectivity index (χ1) is 10.0. The van der Waals surface area contributed by atoms with E-state index in [9.17, 15) is 36.9 Å². The summed E-state index contributed by atoms with van der Waals surface area (Å²) >= 11 is 0. The van der Waals surface area contributed by atoms with Gasteiger partial charge in [0.2, 0.25) is 5.88 Å². The average Bonchev–Trinajstić information content (AvgIpc) is 2.37. The van der Waals surface area contributed by atoms with Gasteiger partial charge >= 0.3 is 12.3 Å². The van der Waals surface area contributed by atoms with Crippen LogP contribution in [0.4, 0.5) is 27.6 Å². The molecule has 0 saturated heterocycles. The second-order valence-corrected chi connectivity index (χ2v) is 3.71. The summed E-state index contributed by atoms with van der Waals surface area (Å²) < 4.78 is 69.5. The number of nitrogens with zero attached hydrogens (tertiary/aromatic N) is 2. The summed E-state index contributed by atoms with van der Waals surface area (Å²) in [5.74, 6) is -2.64. The molecule has 22 heavy (non-hydrogen) atoms. The lowest BCUT2D eigenvalue weighted by Crippen LogP contribution is -2.21. The number of carbonyl (C=O) groups excluding carboxylic acids is 1. The fourth-order valence-corrected chi connectivity index (χ4v) is 1.41. The van der Waals surface area contributed by atoms with Gasteiger partial charge in [-0.2, -0.15) is 0 Å². The number of ether oxygens (including phenoxy) is 2. The van der Waals surface area contributed by atoms with Crippen LogP contribution in [0.3, 0.4) is 0 Å². The molecule has 1 rings (SSSR count). The van der Waals surface area contributed by atoms with Crippen LogP contribution in [-0.4, -0.2) is 29.3 Å². The molecule has 0 aliphatic rings. The number of nitro groups is 1. The number of alkyl halides is 5. The van der Waals surface area contributed by atoms with E-state index in [0.29, 0.717) is 0 Å². The van der Waals surface area contributed by atoms with E-state index < -0.39 is 52.9 Å². The van der Waals surface area contributed by atoms with Crippen molar-refractivity contribution < 1.29 is 41.1 Å². The van der Waals surface area contributed by atoms with Crippen molar-refractivity contribution in [2.24, 2.45) is 0 Å². The molecule has 0 aliphatic heterocycles. The van der Waals surface area contributed by atoms with E-state index in [4.69, 9.17) is 0 Å². The monoisotopic (exact) mass is 330 g/mol. The van der Waals surface area contributed by atoms with E-state index in [2.05, 4.69) is 14.5 Å². The molecule has 12 heteroatoms. The van der Waals surface area contributed by atoms with Gasteiger partial charge in [0.1, 0.15) is 11.3 Å². The molecule has 0 saturated carbocycles. The standard InChI is InChI=1S/C10H7F5N2O5/c1-21-7(18)2-4-6(17(19)20)3-5(8(11)12)16-9(4)22-10(13,14)15/h3,8H,2H2,1H3. The van der Waals surface area contributed by atoms with Crippen LogP contribution in [0.15, 0.2) is 6.07 Å². The number of methoxy groups -OCH3 is 1. The zero-order valence-electron chi connectivity index (χ0n) is 10.7. The zero-order valence-corrected chi connectivity index (χ0v) is 10.7. The summed E-state index contributed by atoms with van der Waals surface area (Å²) in [5, 5.41) is 10.8. The highest BCUT2D eigenvalue weighted by atomic mass is 19.4. The van der Waals surface area contributed by atoms with Crippen molar-refractivity contribution in [2.75, 3.05) is 7.11 Å². The lowest BCUT2D eigenvalue weighted by atomic mass is 10.1. The normalized spacial score (nSPS) is 11.4. The third-order valence-corrected chi connectivity index (χ3v) is 2.26. The van der Waals surface area contributed by atoms with E-state index in [-0.39, 0.29) is 6.07 Å². The minimum Gasteiger partial charge on any atom is -0.469 e. The Labute approximate surface area is 118 Å². The summed E-state index contributed by atoms with van der Waals surface area (Å²) in [5.41, 5.74) is -3.37. The Hall–Kier alpha value is -2.53. The van der Waals surface area contributed by atoms with Crippen LogP contribution in [0.2, 0.25) is 0 Å². The second kappa shape index (κ2) is 6.49. The molecule has 0 spiro atoms. The fourth-order valence-electron chi connectivity index (χ4n) is 1.41. The van der Waals surface area contributed by atoms with Crippen LogP contribution < -0.4 is 4.74 Å². The molecule has 0 fully saturated rings. The van der Waals surface area contributed by atoms with Crippen molar-refractivity contribution in [1.82, 2.24) is 4.98 Å². The van der Waals surface area contributed by atoms with Gasteiger partial charge in [-0.05, 0) is 0 Å². The lowest BCUT2D eigenvalue weighted by molar-refractivity contribution is -0.386. The van der Waals surface area contributed by atoms with Gasteiger partial charge in [0.15, 0.2) is 0 Å². The van der Waals surface area contributed by atoms with Crippen molar-refractivity contribution in [3.63, 3.8) is 0 Å². The molecule has 0 bridgehead atoms. The fraction of sp³-hybridized carbons (Fsp3) is 0.400. The lowest BCUT2D eigenvalue weighted by Gasteiger charge is -2.13. The molecule has 0 radical (unpaired) electrons. The van der Waals surface area contributed by atoms with Crippen molar-refractivity contribution in [2.45, 2.75) is 19.2 Å². The summed E-state index contributed by atoms with van der Waals surface area (Å²) in [6, 6.07) is 0.270. The Kier molecular flexibility index (Phi) is 5.17. The Morgan fingerprint density at radius 2 is 2.05 bits per heavy atom. The second-order valence-electron chi connectivity index (χ2n) is 3.71. The molecule has 1 heterocycles. The summed E-state index contributed by atoms with van der Waals surface area (Å²) in [7, 11) is 0.888. The summed E-state index contributed by atoms with van der Waals surface area (Å²) in [6.07, 6.45) is -9.72. The molecule has 122 valence electrons. The average molecular weight is 330 g/mol. The molecule has 0 unspecified atom stereocenters. The Bertz CT molecular complexity index is 590. The third kappa shape index (κ3) is 4.49. The van der Waals surface area contributed by atoms with Gasteiger partial charge in [-0.1, -0.05) is 0 Å². The van der Waals surface area contributed by atoms with E-state index in [1.54, 1.807) is 0 Å². The Morgan fingerprint density at radius 3 is 2.45 bits per heavy atom. The van der Waals surface area contributed by atoms with E-state index in [1.807, 2.05) is 0 Å². The van der Waals surface area contributed by atoms with Gasteiger partial charge in [0.25, 0.3) is 12.1 Å². The number of hydrogen-bond donors (Lipinski definition) is 0. The van der Waals surface area contributed by atoms with Gasteiger partial charge in [0.05, 0.1) is 18.5 Å². The van der Waals surface area contributed by atoms with E-state index in [0.717, 1.165) is 7.11 Å². The van der Waals surface area contributed by atoms with Crippen molar-refractivity contribution in [3.05, 3.63) is 27.4 Å². The largest absolute Gasteiger partial charge is 0.574 e. The molecule has 7 nitrogen and oxygen atoms in total. The summed E-state index contributed by atoms with van der Waals surface area (Å²) in [6.45, 7) is 0. The van der Waals surface area contributed by atoms with E-state index >= 15 is 0 Å². The highest BCUT2D eigenvalue weighted by Crippen LogP contribution is 2.34. The zero-order chi connectivity index (χ0) is 17.1. The molecule has 1 aromatic heterocycles. The maximum atomic E-state index is 12.6. The molecular weight excluding hydrogens is 323 g/mol. The first-order valence-corrected chi connectivity index (χ1v) is 5.34. The highest BCUT2D eigenvalue weighted by Gasteiger charge is 2.36. The van der Waals surface area contributed by atoms with Crippen molar-refractivity contribution >= 4 is 11.7 Å². The Balaban J connectivity index is 3.51. The van der Waals surface area contributed by atoms with Crippen LogP contribution in [0.5, 0.6) is 5.88 Å². The van der Waals surface area contributed by atoms with Crippen molar-refractivity contribution in [1.29, 1.82) is 0 Å². The molecule has 0 aromatic carbocycles. The predicted molar refractivity (Wildman–Crippen MR) is 58.3 cm³/mol. The van der Waals surface area contributed by atoms with Gasteiger partial charge < -0.3 is 9.47 Å². The molecular formula is C10H7F5N2O5. The van der Waals surface area contributed by atoms with Gasteiger partial charge in [-0.3, -0.25) is 14.9 Å². The van der Waals surface area contributed by atoms with Gasteiger partial charge in [-0.25, -0.2) is 13.8 Å². The minimum absolute atomic E-state index is 0.270. The SMILES string of the molecule is COC(=O)Cc1c([N+](=O)[O-])cc(C(F)F)nc1OC(F)(F)F. The summed E-state index contributed by atoms with van der Waals surface area (Å²) in [4.78, 5) is 23.6. The molecule has 0 N–H and O–H groups in total. The minimum atomic E-state index is -5.34. The number of halogens is 5. The predicted octanol–water partition coefficient (Wildman–Crippen LogP) is 2.54. The molecule has 0 amide bonds. The Morgan fingerprint density at radius 1 is 1.45 bits per heavy atom. The van der Waals surface area contributed by atoms with Crippen LogP contribution in [0, 0.1) is 10.1 Å². The van der Waals surface area contributed by atoms with Crippen molar-refractivity contribution in [3.8, 4) is 5.88 Å². The van der Waals surface area contributed by atoms with Crippen LogP contribution in [-0.2, 0) is 16.0 Å². The van der Waals surface area contributed by atoms with E-state index in [1.165, 1.54) is 0 Å². The number of esters is 1. The first-order valence-electron chi connectivity index (χ1n) is 5.34. The number of carbonyl (C=O) groups is 1. The smallest absolute Gasteiger partial charge is 0.469 e. The van der Waals surface area contributed by atoms with Gasteiger partial charge in [0, 0.05) is 6.07 Å². The van der Waals surface area contributed by atoms with Gasteiger partial charge in [-0.15, -0.1) is 13.2 Å².